The van der Waals surface area contributed by atoms with E-state index >= 15 is 0 Å². The van der Waals surface area contributed by atoms with Crippen molar-refractivity contribution in [2.24, 2.45) is 0 Å². The summed E-state index contributed by atoms with van der Waals surface area (Å²) in [5.41, 5.74) is 0.848. The second kappa shape index (κ2) is 6.95. The van der Waals surface area contributed by atoms with Crippen molar-refractivity contribution in [2.45, 2.75) is 32.8 Å². The van der Waals surface area contributed by atoms with Gasteiger partial charge in [-0.3, -0.25) is 4.79 Å². The Labute approximate surface area is 117 Å². The van der Waals surface area contributed by atoms with Crippen LogP contribution in [0, 0.1) is 11.8 Å². The molecule has 1 aromatic heterocycles. The zero-order valence-electron chi connectivity index (χ0n) is 11.3. The van der Waals surface area contributed by atoms with Crippen LogP contribution < -0.4 is 5.32 Å². The van der Waals surface area contributed by atoms with Crippen molar-refractivity contribution in [3.05, 3.63) is 21.9 Å². The van der Waals surface area contributed by atoms with Crippen LogP contribution in [-0.4, -0.2) is 24.5 Å². The van der Waals surface area contributed by atoms with Crippen LogP contribution in [0.4, 0.5) is 4.79 Å². The molecule has 0 unspecified atom stereocenters. The number of hydrogen-bond donors (Lipinski definition) is 1. The molecule has 0 radical (unpaired) electrons. The van der Waals surface area contributed by atoms with Crippen molar-refractivity contribution in [1.82, 2.24) is 5.32 Å². The van der Waals surface area contributed by atoms with Crippen LogP contribution in [0.5, 0.6) is 0 Å². The highest BCUT2D eigenvalue weighted by atomic mass is 32.1. The molecule has 0 bridgehead atoms. The Bertz CT molecular complexity index is 503. The van der Waals surface area contributed by atoms with Gasteiger partial charge in [-0.2, -0.15) is 11.3 Å². The Balaban J connectivity index is 2.32. The van der Waals surface area contributed by atoms with Crippen LogP contribution >= 0.6 is 11.3 Å². The van der Waals surface area contributed by atoms with Gasteiger partial charge >= 0.3 is 6.09 Å². The molecule has 1 rings (SSSR count). The normalized spacial score (nSPS) is 10.3. The van der Waals surface area contributed by atoms with E-state index in [0.29, 0.717) is 18.5 Å². The first-order valence-corrected chi connectivity index (χ1v) is 6.84. The molecule has 1 heterocycles. The van der Waals surface area contributed by atoms with Crippen LogP contribution in [0.25, 0.3) is 0 Å². The number of ether oxygens (including phenoxy) is 1. The monoisotopic (exact) mass is 279 g/mol. The minimum absolute atomic E-state index is 0.419. The molecule has 0 atom stereocenters. The lowest BCUT2D eigenvalue weighted by Gasteiger charge is -2.19. The van der Waals surface area contributed by atoms with Gasteiger partial charge in [0.15, 0.2) is 6.29 Å². The molecule has 0 aromatic carbocycles. The van der Waals surface area contributed by atoms with Crippen LogP contribution in [0.15, 0.2) is 10.8 Å². The van der Waals surface area contributed by atoms with E-state index in [0.717, 1.165) is 11.8 Å². The zero-order chi connectivity index (χ0) is 14.3. The van der Waals surface area contributed by atoms with Crippen molar-refractivity contribution >= 4 is 23.7 Å². The molecule has 0 aliphatic rings. The summed E-state index contributed by atoms with van der Waals surface area (Å²) in [5, 5.41) is 6.21. The van der Waals surface area contributed by atoms with Crippen LogP contribution in [0.2, 0.25) is 0 Å². The summed E-state index contributed by atoms with van der Waals surface area (Å²) in [7, 11) is 0. The molecular formula is C14H17NO3S. The van der Waals surface area contributed by atoms with Crippen molar-refractivity contribution in [1.29, 1.82) is 0 Å². The van der Waals surface area contributed by atoms with E-state index in [1.165, 1.54) is 11.3 Å². The molecule has 1 N–H and O–H groups in total. The van der Waals surface area contributed by atoms with Gasteiger partial charge in [0.1, 0.15) is 5.60 Å². The molecule has 0 fully saturated rings. The average molecular weight is 279 g/mol. The van der Waals surface area contributed by atoms with Gasteiger partial charge < -0.3 is 10.1 Å². The summed E-state index contributed by atoms with van der Waals surface area (Å²) >= 11 is 1.44. The summed E-state index contributed by atoms with van der Waals surface area (Å²) in [6.07, 6.45) is 0.853. The van der Waals surface area contributed by atoms with Gasteiger partial charge in [-0.1, -0.05) is 11.8 Å². The molecule has 102 valence electrons. The van der Waals surface area contributed by atoms with Gasteiger partial charge in [0.25, 0.3) is 0 Å². The highest BCUT2D eigenvalue weighted by Crippen LogP contribution is 2.11. The van der Waals surface area contributed by atoms with Crippen molar-refractivity contribution in [2.75, 3.05) is 6.54 Å². The third-order valence-electron chi connectivity index (χ3n) is 1.96. The van der Waals surface area contributed by atoms with E-state index in [1.54, 1.807) is 5.38 Å². The summed E-state index contributed by atoms with van der Waals surface area (Å²) in [4.78, 5) is 22.0. The van der Waals surface area contributed by atoms with Gasteiger partial charge in [-0.25, -0.2) is 4.79 Å². The van der Waals surface area contributed by atoms with E-state index in [9.17, 15) is 9.59 Å². The van der Waals surface area contributed by atoms with Gasteiger partial charge in [-0.05, 0) is 20.8 Å². The second-order valence-electron chi connectivity index (χ2n) is 4.84. The lowest BCUT2D eigenvalue weighted by Crippen LogP contribution is -2.32. The van der Waals surface area contributed by atoms with Gasteiger partial charge in [0.05, 0.1) is 0 Å². The quantitative estimate of drug-likeness (QED) is 0.526. The van der Waals surface area contributed by atoms with Crippen molar-refractivity contribution in [3.8, 4) is 11.8 Å². The van der Waals surface area contributed by atoms with Crippen LogP contribution in [-0.2, 0) is 4.74 Å². The lowest BCUT2D eigenvalue weighted by molar-refractivity contribution is 0.0529. The number of carbonyl (C=O) groups excluding carboxylic acids is 2. The number of thiophene rings is 1. The molecule has 0 spiro atoms. The molecule has 0 aliphatic heterocycles. The average Bonchev–Trinajstić information content (AvgIpc) is 2.73. The Kier molecular flexibility index (Phi) is 5.58. The molecule has 0 saturated carbocycles. The first kappa shape index (κ1) is 15.3. The number of carbonyl (C=O) groups is 2. The van der Waals surface area contributed by atoms with Gasteiger partial charge in [0, 0.05) is 34.9 Å². The second-order valence-corrected chi connectivity index (χ2v) is 5.58. The fourth-order valence-electron chi connectivity index (χ4n) is 1.20. The summed E-state index contributed by atoms with van der Waals surface area (Å²) in [5.74, 6) is 5.81. The molecule has 4 nitrogen and oxygen atoms in total. The fraction of sp³-hybridized carbons (Fsp3) is 0.429. The van der Waals surface area contributed by atoms with Crippen LogP contribution in [0.3, 0.4) is 0 Å². The van der Waals surface area contributed by atoms with E-state index in [-0.39, 0.29) is 0 Å². The molecular weight excluding hydrogens is 262 g/mol. The number of rotatable bonds is 3. The first-order chi connectivity index (χ1) is 8.92. The predicted octanol–water partition coefficient (Wildman–Crippen LogP) is 2.83. The molecule has 0 saturated heterocycles. The standard InChI is InChI=1S/C14H17NO3S/c1-14(2,3)18-13(17)15-7-5-4-6-11-9-19-10-12(11)8-16/h8-10H,5,7H2,1-3H3,(H,15,17). The zero-order valence-corrected chi connectivity index (χ0v) is 12.1. The third kappa shape index (κ3) is 6.07. The maximum absolute atomic E-state index is 11.3. The highest BCUT2D eigenvalue weighted by molar-refractivity contribution is 7.08. The SMILES string of the molecule is CC(C)(C)OC(=O)NCCC#Cc1cscc1C=O. The summed E-state index contributed by atoms with van der Waals surface area (Å²) in [6, 6.07) is 0. The predicted molar refractivity (Wildman–Crippen MR) is 75.4 cm³/mol. The topological polar surface area (TPSA) is 55.4 Å². The highest BCUT2D eigenvalue weighted by Gasteiger charge is 2.15. The number of alkyl carbamates (subject to hydrolysis) is 1. The third-order valence-corrected chi connectivity index (χ3v) is 2.72. The molecule has 1 aromatic rings. The molecule has 19 heavy (non-hydrogen) atoms. The lowest BCUT2D eigenvalue weighted by atomic mass is 10.2. The first-order valence-electron chi connectivity index (χ1n) is 5.89. The van der Waals surface area contributed by atoms with E-state index in [4.69, 9.17) is 4.74 Å². The van der Waals surface area contributed by atoms with Gasteiger partial charge in [-0.15, -0.1) is 0 Å². The molecule has 0 aliphatic carbocycles. The Morgan fingerprint density at radius 3 is 2.84 bits per heavy atom. The summed E-state index contributed by atoms with van der Waals surface area (Å²) < 4.78 is 5.08. The Morgan fingerprint density at radius 2 is 2.21 bits per heavy atom. The molecule has 5 heteroatoms. The smallest absolute Gasteiger partial charge is 0.407 e. The van der Waals surface area contributed by atoms with E-state index in [2.05, 4.69) is 17.2 Å². The van der Waals surface area contributed by atoms with Crippen molar-refractivity contribution in [3.63, 3.8) is 0 Å². The fourth-order valence-corrected chi connectivity index (χ4v) is 1.93. The minimum atomic E-state index is -0.495. The maximum atomic E-state index is 11.3. The number of hydrogen-bond acceptors (Lipinski definition) is 4. The number of nitrogens with one attached hydrogen (secondary N) is 1. The largest absolute Gasteiger partial charge is 0.444 e. The van der Waals surface area contributed by atoms with Crippen molar-refractivity contribution < 1.29 is 14.3 Å². The van der Waals surface area contributed by atoms with E-state index in [1.807, 2.05) is 26.2 Å². The number of aldehydes is 1. The summed E-state index contributed by atoms with van der Waals surface area (Å²) in [6.45, 7) is 5.85. The van der Waals surface area contributed by atoms with E-state index < -0.39 is 11.7 Å². The Hall–Kier alpha value is -1.80. The van der Waals surface area contributed by atoms with Gasteiger partial charge in [0.2, 0.25) is 0 Å². The minimum Gasteiger partial charge on any atom is -0.444 e. The Morgan fingerprint density at radius 1 is 1.47 bits per heavy atom. The molecule has 1 amide bonds. The maximum Gasteiger partial charge on any atom is 0.407 e. The number of amides is 1. The van der Waals surface area contributed by atoms with Crippen LogP contribution in [0.1, 0.15) is 43.1 Å².